The van der Waals surface area contributed by atoms with E-state index in [1.807, 2.05) is 24.3 Å². The van der Waals surface area contributed by atoms with Gasteiger partial charge in [-0.15, -0.1) is 0 Å². The maximum Gasteiger partial charge on any atom is 0.334 e. The maximum atomic E-state index is 14.9. The van der Waals surface area contributed by atoms with Crippen molar-refractivity contribution in [1.29, 1.82) is 5.41 Å². The molecule has 2 aromatic heterocycles. The van der Waals surface area contributed by atoms with Crippen molar-refractivity contribution in [3.05, 3.63) is 174 Å². The number of rotatable bonds is 35. The van der Waals surface area contributed by atoms with Gasteiger partial charge in [0.1, 0.15) is 54.1 Å². The second-order valence-electron chi connectivity index (χ2n) is 24.8. The zero-order chi connectivity index (χ0) is 73.1. The van der Waals surface area contributed by atoms with Crippen LogP contribution in [0.4, 0.5) is 4.79 Å². The third-order valence-electron chi connectivity index (χ3n) is 16.4. The van der Waals surface area contributed by atoms with E-state index in [4.69, 9.17) is 11.1 Å². The Morgan fingerprint density at radius 2 is 0.970 bits per heavy atom. The second kappa shape index (κ2) is 37.8. The Bertz CT molecular complexity index is 4020. The molecule has 0 aliphatic heterocycles. The average molecular weight is 1390 g/mol. The summed E-state index contributed by atoms with van der Waals surface area (Å²) in [6.07, 6.45) is 0.612. The number of benzene rings is 5. The summed E-state index contributed by atoms with van der Waals surface area (Å²) in [6, 6.07) is 24.5. The molecule has 30 nitrogen and oxygen atoms in total. The van der Waals surface area contributed by atoms with E-state index >= 15 is 0 Å². The molecule has 12 amide bonds. The first-order valence-corrected chi connectivity index (χ1v) is 33.0. The smallest absolute Gasteiger partial charge is 0.334 e. The van der Waals surface area contributed by atoms with Crippen molar-refractivity contribution in [2.75, 3.05) is 13.6 Å². The van der Waals surface area contributed by atoms with Gasteiger partial charge in [0.25, 0.3) is 5.91 Å². The molecule has 0 spiro atoms. The third-order valence-corrected chi connectivity index (χ3v) is 16.4. The summed E-state index contributed by atoms with van der Waals surface area (Å²) in [4.78, 5) is 160. The molecule has 0 unspecified atom stereocenters. The Morgan fingerprint density at radius 3 is 1.53 bits per heavy atom. The lowest BCUT2D eigenvalue weighted by atomic mass is 10.0. The van der Waals surface area contributed by atoms with Crippen molar-refractivity contribution >= 4 is 92.9 Å². The van der Waals surface area contributed by atoms with Gasteiger partial charge in [-0.05, 0) is 84.2 Å². The molecular formula is C71H89N17O13. The predicted octanol–water partition coefficient (Wildman–Crippen LogP) is 0.881. The van der Waals surface area contributed by atoms with Crippen LogP contribution in [-0.4, -0.2) is 159 Å². The summed E-state index contributed by atoms with van der Waals surface area (Å²) in [6.45, 7) is 6.12. The largest absolute Gasteiger partial charge is 0.508 e. The molecule has 0 aliphatic rings. The van der Waals surface area contributed by atoms with Gasteiger partial charge in [0.05, 0.1) is 12.5 Å². The van der Waals surface area contributed by atoms with E-state index in [0.717, 1.165) is 17.8 Å². The summed E-state index contributed by atoms with van der Waals surface area (Å²) < 4.78 is 0. The number of hydrazine groups is 1. The van der Waals surface area contributed by atoms with Gasteiger partial charge in [-0.3, -0.25) is 58.8 Å². The summed E-state index contributed by atoms with van der Waals surface area (Å²) in [5.74, 6) is -9.13. The van der Waals surface area contributed by atoms with Crippen LogP contribution in [0.15, 0.2) is 146 Å². The minimum absolute atomic E-state index is 0.00146. The predicted molar refractivity (Wildman–Crippen MR) is 376 cm³/mol. The number of primary amides is 1. The molecule has 5 aromatic carbocycles. The van der Waals surface area contributed by atoms with Crippen molar-refractivity contribution in [1.82, 2.24) is 79.3 Å². The molecule has 30 heteroatoms. The minimum Gasteiger partial charge on any atom is -0.508 e. The number of hydrogen-bond acceptors (Lipinski definition) is 14. The Kier molecular flexibility index (Phi) is 28.6. The number of para-hydroxylation sites is 2. The number of aliphatic hydroxyl groups excluding tert-OH is 1. The highest BCUT2D eigenvalue weighted by molar-refractivity contribution is 6.00. The van der Waals surface area contributed by atoms with Gasteiger partial charge >= 0.3 is 6.03 Å². The zero-order valence-electron chi connectivity index (χ0n) is 56.7. The molecule has 536 valence electrons. The molecule has 101 heavy (non-hydrogen) atoms. The van der Waals surface area contributed by atoms with E-state index in [0.29, 0.717) is 38.7 Å². The van der Waals surface area contributed by atoms with E-state index in [9.17, 15) is 63.0 Å². The first-order chi connectivity index (χ1) is 48.3. The van der Waals surface area contributed by atoms with Gasteiger partial charge in [-0.2, -0.15) is 0 Å². The second-order valence-corrected chi connectivity index (χ2v) is 24.8. The van der Waals surface area contributed by atoms with Crippen molar-refractivity contribution in [2.24, 2.45) is 11.7 Å². The molecular weight excluding hydrogens is 1300 g/mol. The SMILES string of the molecule is CNC(=N)NCCC[C@H](NC(=O)[C@H](CC(C)C)NC(=O)NNC(=O)[C@H](Cc1ccccc1)NC(=O)[C@@H](NC(=O)[C@H](CC(=O)NCc1ccccc1)NC(=O)[C@@H](Cc1c[nH]c2ccccc12)NC(=O)[C@@H](Cc1ccc(O)cc1)NC(C)=O)[C@@H](C)O)C(=O)N[C@@H](Cc1c[nH]c2ccccc12)C(N)=O. The van der Waals surface area contributed by atoms with Gasteiger partial charge < -0.3 is 84.4 Å². The molecule has 20 N–H and O–H groups in total. The summed E-state index contributed by atoms with van der Waals surface area (Å²) in [7, 11) is 1.55. The number of H-pyrrole nitrogens is 2. The Morgan fingerprint density at radius 1 is 0.495 bits per heavy atom. The fourth-order valence-corrected chi connectivity index (χ4v) is 11.1. The molecule has 0 aliphatic carbocycles. The molecule has 0 radical (unpaired) electrons. The number of hydrogen-bond donors (Lipinski definition) is 19. The van der Waals surface area contributed by atoms with Gasteiger partial charge in [0.15, 0.2) is 5.96 Å². The molecule has 0 saturated carbocycles. The third kappa shape index (κ3) is 24.0. The molecule has 7 rings (SSSR count). The van der Waals surface area contributed by atoms with Gasteiger partial charge in [0, 0.05) is 86.9 Å². The standard InChI is InChI=1S/C71H89N17O13/c1-40(2)31-55(64(95)80-53(25-16-30-75-70(73)74-5)63(94)81-54(62(72)93)34-46-38-76-51-23-14-12-21-49(46)51)85-71(101)88-87-68(99)57(32-43-17-8-6-9-18-43)84-69(100)61(41(3)89)86-67(98)59(36-60(92)78-37-45-19-10-7-11-20-45)83-66(97)58(35-47-39-77-52-24-15-13-22-50(47)52)82-65(96)56(79-42(4)90)33-44-26-28-48(91)29-27-44/h6-15,17-24,26-29,38-41,53-59,61,76-77,89,91H,16,25,30-37H2,1-5H3,(H2,72,93)(H,78,92)(H,79,90)(H,80,95)(H,81,94)(H,82,96)(H,83,97)(H,84,100)(H,86,98)(H,87,99)(H3,73,74,75)(H2,85,88,101)/t41-,53+,54+,55+,56-,57+,58-,59+,61+/m1/s1. The summed E-state index contributed by atoms with van der Waals surface area (Å²) in [5, 5.41) is 59.6. The van der Waals surface area contributed by atoms with Crippen LogP contribution in [0, 0.1) is 11.3 Å². The molecule has 2 heterocycles. The number of urea groups is 1. The molecule has 7 aromatic rings. The van der Waals surface area contributed by atoms with Crippen LogP contribution in [-0.2, 0) is 80.2 Å². The summed E-state index contributed by atoms with van der Waals surface area (Å²) >= 11 is 0. The lowest BCUT2D eigenvalue weighted by Gasteiger charge is -2.28. The fraction of sp³-hybridized carbons (Fsp3) is 0.352. The van der Waals surface area contributed by atoms with E-state index in [1.165, 1.54) is 19.1 Å². The first-order valence-electron chi connectivity index (χ1n) is 33.0. The van der Waals surface area contributed by atoms with E-state index in [1.54, 1.807) is 130 Å². The minimum atomic E-state index is -1.91. The van der Waals surface area contributed by atoms with Gasteiger partial charge in [-0.25, -0.2) is 10.2 Å². The van der Waals surface area contributed by atoms with Crippen molar-refractivity contribution in [3.8, 4) is 5.75 Å². The molecule has 0 saturated heterocycles. The number of aromatic nitrogens is 2. The number of phenolic OH excluding ortho intramolecular Hbond substituents is 1. The number of aromatic amines is 2. The van der Waals surface area contributed by atoms with E-state index in [-0.39, 0.29) is 75.7 Å². The van der Waals surface area contributed by atoms with Crippen LogP contribution in [0.5, 0.6) is 5.75 Å². The first kappa shape index (κ1) is 76.5. The van der Waals surface area contributed by atoms with Crippen LogP contribution in [0.25, 0.3) is 21.8 Å². The van der Waals surface area contributed by atoms with Crippen LogP contribution in [0.3, 0.4) is 0 Å². The molecule has 0 bridgehead atoms. The quantitative estimate of drug-likeness (QED) is 0.0114. The van der Waals surface area contributed by atoms with Crippen LogP contribution in [0.2, 0.25) is 0 Å². The lowest BCUT2D eigenvalue weighted by molar-refractivity contribution is -0.137. The molecule has 0 fully saturated rings. The van der Waals surface area contributed by atoms with Crippen LogP contribution in [0.1, 0.15) is 81.2 Å². The molecule has 9 atom stereocenters. The number of aliphatic hydroxyl groups is 1. The normalized spacial score (nSPS) is 13.7. The summed E-state index contributed by atoms with van der Waals surface area (Å²) in [5.41, 5.74) is 14.8. The van der Waals surface area contributed by atoms with Gasteiger partial charge in [-0.1, -0.05) is 123 Å². The van der Waals surface area contributed by atoms with E-state index < -0.39 is 126 Å². The zero-order valence-corrected chi connectivity index (χ0v) is 56.7. The van der Waals surface area contributed by atoms with E-state index in [2.05, 4.69) is 79.3 Å². The van der Waals surface area contributed by atoms with Crippen molar-refractivity contribution in [2.45, 2.75) is 140 Å². The number of carbonyl (C=O) groups is 11. The number of aromatic hydroxyl groups is 1. The highest BCUT2D eigenvalue weighted by atomic mass is 16.3. The number of nitrogens with two attached hydrogens (primary N) is 1. The number of amides is 12. The highest BCUT2D eigenvalue weighted by Crippen LogP contribution is 2.22. The number of fused-ring (bicyclic) bond motifs is 2. The monoisotopic (exact) mass is 1390 g/mol. The number of carbonyl (C=O) groups excluding carboxylic acids is 11. The number of nitrogens with one attached hydrogen (secondary N) is 16. The Hall–Kier alpha value is -11.8. The number of phenols is 1. The average Bonchev–Trinajstić information content (AvgIpc) is 1.76. The number of guanidine groups is 1. The van der Waals surface area contributed by atoms with Crippen molar-refractivity contribution < 1.29 is 63.0 Å². The van der Waals surface area contributed by atoms with Crippen molar-refractivity contribution in [3.63, 3.8) is 0 Å². The Labute approximate surface area is 582 Å². The topological polar surface area (TPSA) is 466 Å². The van der Waals surface area contributed by atoms with Crippen LogP contribution < -0.4 is 75.1 Å². The fourth-order valence-electron chi connectivity index (χ4n) is 11.1. The van der Waals surface area contributed by atoms with Gasteiger partial charge in [0.2, 0.25) is 53.2 Å². The lowest BCUT2D eigenvalue weighted by Crippen LogP contribution is -2.63. The highest BCUT2D eigenvalue weighted by Gasteiger charge is 2.37. The maximum absolute atomic E-state index is 14.9. The Balaban J connectivity index is 1.08. The van der Waals surface area contributed by atoms with Crippen LogP contribution >= 0.6 is 0 Å².